The van der Waals surface area contributed by atoms with Gasteiger partial charge < -0.3 is 29.7 Å². The third kappa shape index (κ3) is 6.33. The maximum absolute atomic E-state index is 12.0. The molecule has 0 atom stereocenters. The summed E-state index contributed by atoms with van der Waals surface area (Å²) in [5.41, 5.74) is 0.597. The summed E-state index contributed by atoms with van der Waals surface area (Å²) in [6, 6.07) is 3.40. The van der Waals surface area contributed by atoms with Crippen LogP contribution in [0.1, 0.15) is 6.42 Å². The third-order valence-corrected chi connectivity index (χ3v) is 3.19. The van der Waals surface area contributed by atoms with E-state index in [1.54, 1.807) is 12.1 Å². The van der Waals surface area contributed by atoms with Crippen molar-refractivity contribution in [2.75, 3.05) is 60.4 Å². The van der Waals surface area contributed by atoms with Crippen LogP contribution in [-0.4, -0.2) is 65.9 Å². The molecule has 7 heteroatoms. The summed E-state index contributed by atoms with van der Waals surface area (Å²) in [4.78, 5) is 14.1. The molecule has 0 unspecified atom stereocenters. The third-order valence-electron chi connectivity index (χ3n) is 3.19. The fraction of sp³-hybridized carbons (Fsp3) is 0.562. The van der Waals surface area contributed by atoms with E-state index < -0.39 is 0 Å². The number of hydrogen-bond acceptors (Lipinski definition) is 6. The zero-order valence-electron chi connectivity index (χ0n) is 14.6. The van der Waals surface area contributed by atoms with Gasteiger partial charge in [0.1, 0.15) is 0 Å². The number of rotatable bonds is 10. The summed E-state index contributed by atoms with van der Waals surface area (Å²) in [5.74, 6) is 1.38. The number of methoxy groups -OCH3 is 3. The first-order valence-corrected chi connectivity index (χ1v) is 7.47. The van der Waals surface area contributed by atoms with Crippen molar-refractivity contribution in [3.8, 4) is 17.2 Å². The molecule has 0 saturated carbocycles. The molecule has 1 aromatic carbocycles. The highest BCUT2D eigenvalue weighted by atomic mass is 16.5. The van der Waals surface area contributed by atoms with E-state index in [0.29, 0.717) is 22.9 Å². The molecule has 0 saturated heterocycles. The number of nitrogens with one attached hydrogen (secondary N) is 2. The van der Waals surface area contributed by atoms with Crippen LogP contribution in [0.25, 0.3) is 0 Å². The van der Waals surface area contributed by atoms with Gasteiger partial charge in [0.15, 0.2) is 11.5 Å². The minimum atomic E-state index is -0.121. The van der Waals surface area contributed by atoms with Crippen molar-refractivity contribution in [1.82, 2.24) is 10.2 Å². The number of anilines is 1. The van der Waals surface area contributed by atoms with Gasteiger partial charge in [0.25, 0.3) is 0 Å². The molecule has 0 heterocycles. The van der Waals surface area contributed by atoms with Crippen LogP contribution in [0.4, 0.5) is 5.69 Å². The van der Waals surface area contributed by atoms with Crippen LogP contribution in [0.5, 0.6) is 17.2 Å². The van der Waals surface area contributed by atoms with Gasteiger partial charge in [0.05, 0.1) is 27.9 Å². The molecule has 0 aliphatic carbocycles. The van der Waals surface area contributed by atoms with Gasteiger partial charge in [-0.15, -0.1) is 0 Å². The lowest BCUT2D eigenvalue weighted by Gasteiger charge is -2.15. The highest BCUT2D eigenvalue weighted by Gasteiger charge is 2.14. The van der Waals surface area contributed by atoms with Gasteiger partial charge in [-0.1, -0.05) is 0 Å². The molecule has 1 amide bonds. The number of ether oxygens (including phenoxy) is 3. The van der Waals surface area contributed by atoms with Crippen LogP contribution in [-0.2, 0) is 4.79 Å². The quantitative estimate of drug-likeness (QED) is 0.630. The van der Waals surface area contributed by atoms with Gasteiger partial charge in [-0.2, -0.15) is 0 Å². The molecule has 0 radical (unpaired) electrons. The zero-order valence-corrected chi connectivity index (χ0v) is 14.6. The summed E-state index contributed by atoms with van der Waals surface area (Å²) in [7, 11) is 8.66. The largest absolute Gasteiger partial charge is 0.493 e. The second-order valence-electron chi connectivity index (χ2n) is 5.30. The Morgan fingerprint density at radius 1 is 1.09 bits per heavy atom. The molecular formula is C16H27N3O4. The topological polar surface area (TPSA) is 72.1 Å². The lowest BCUT2D eigenvalue weighted by Crippen LogP contribution is -2.30. The highest BCUT2D eigenvalue weighted by molar-refractivity contribution is 5.93. The molecule has 0 spiro atoms. The van der Waals surface area contributed by atoms with Crippen LogP contribution in [0.2, 0.25) is 0 Å². The molecule has 0 aromatic heterocycles. The Bertz CT molecular complexity index is 481. The van der Waals surface area contributed by atoms with Crippen molar-refractivity contribution in [2.24, 2.45) is 0 Å². The first-order valence-electron chi connectivity index (χ1n) is 7.47. The van der Waals surface area contributed by atoms with E-state index in [1.165, 1.54) is 21.3 Å². The molecule has 0 bridgehead atoms. The standard InChI is InChI=1S/C16H27N3O4/c1-19(2)8-6-7-17-11-15(20)18-12-9-13(21-3)16(23-5)14(10-12)22-4/h9-10,17H,6-8,11H2,1-5H3,(H,18,20). The van der Waals surface area contributed by atoms with E-state index >= 15 is 0 Å². The average Bonchev–Trinajstić information content (AvgIpc) is 2.53. The maximum Gasteiger partial charge on any atom is 0.238 e. The normalized spacial score (nSPS) is 10.5. The predicted octanol–water partition coefficient (Wildman–Crippen LogP) is 1.19. The van der Waals surface area contributed by atoms with Crippen LogP contribution < -0.4 is 24.8 Å². The molecule has 2 N–H and O–H groups in total. The van der Waals surface area contributed by atoms with Crippen molar-refractivity contribution < 1.29 is 19.0 Å². The van der Waals surface area contributed by atoms with Crippen molar-refractivity contribution in [2.45, 2.75) is 6.42 Å². The van der Waals surface area contributed by atoms with Gasteiger partial charge in [-0.25, -0.2) is 0 Å². The molecule has 1 rings (SSSR count). The van der Waals surface area contributed by atoms with E-state index in [1.807, 2.05) is 14.1 Å². The van der Waals surface area contributed by atoms with Crippen LogP contribution in [0.15, 0.2) is 12.1 Å². The summed E-state index contributed by atoms with van der Waals surface area (Å²) >= 11 is 0. The van der Waals surface area contributed by atoms with E-state index in [0.717, 1.165) is 19.5 Å². The Kier molecular flexibility index (Phi) is 8.21. The minimum Gasteiger partial charge on any atom is -0.493 e. The molecule has 0 aliphatic heterocycles. The maximum atomic E-state index is 12.0. The van der Waals surface area contributed by atoms with Crippen LogP contribution in [0.3, 0.4) is 0 Å². The summed E-state index contributed by atoms with van der Waals surface area (Å²) < 4.78 is 15.8. The van der Waals surface area contributed by atoms with Gasteiger partial charge in [0.2, 0.25) is 11.7 Å². The first-order chi connectivity index (χ1) is 11.0. The SMILES string of the molecule is COc1cc(NC(=O)CNCCCN(C)C)cc(OC)c1OC. The Hall–Kier alpha value is -1.99. The van der Waals surface area contributed by atoms with Crippen LogP contribution in [0, 0.1) is 0 Å². The Morgan fingerprint density at radius 3 is 2.17 bits per heavy atom. The van der Waals surface area contributed by atoms with Gasteiger partial charge in [0, 0.05) is 17.8 Å². The number of carbonyl (C=O) groups excluding carboxylic acids is 1. The highest BCUT2D eigenvalue weighted by Crippen LogP contribution is 2.39. The number of carbonyl (C=O) groups is 1. The Labute approximate surface area is 137 Å². The van der Waals surface area contributed by atoms with E-state index in [-0.39, 0.29) is 12.5 Å². The van der Waals surface area contributed by atoms with Gasteiger partial charge in [-0.05, 0) is 33.6 Å². The average molecular weight is 325 g/mol. The zero-order chi connectivity index (χ0) is 17.2. The number of benzene rings is 1. The van der Waals surface area contributed by atoms with E-state index in [2.05, 4.69) is 15.5 Å². The van der Waals surface area contributed by atoms with Crippen molar-refractivity contribution in [3.63, 3.8) is 0 Å². The smallest absolute Gasteiger partial charge is 0.238 e. The van der Waals surface area contributed by atoms with E-state index in [4.69, 9.17) is 14.2 Å². The minimum absolute atomic E-state index is 0.121. The fourth-order valence-corrected chi connectivity index (χ4v) is 2.08. The number of nitrogens with zero attached hydrogens (tertiary/aromatic N) is 1. The Morgan fingerprint density at radius 2 is 1.70 bits per heavy atom. The van der Waals surface area contributed by atoms with Gasteiger partial charge >= 0.3 is 0 Å². The summed E-state index contributed by atoms with van der Waals surface area (Å²) in [6.45, 7) is 2.03. The van der Waals surface area contributed by atoms with Crippen LogP contribution >= 0.6 is 0 Å². The molecule has 23 heavy (non-hydrogen) atoms. The fourth-order valence-electron chi connectivity index (χ4n) is 2.08. The second kappa shape index (κ2) is 9.91. The lowest BCUT2D eigenvalue weighted by molar-refractivity contribution is -0.115. The van der Waals surface area contributed by atoms with Crippen molar-refractivity contribution >= 4 is 11.6 Å². The first kappa shape index (κ1) is 19.1. The molecule has 130 valence electrons. The monoisotopic (exact) mass is 325 g/mol. The lowest BCUT2D eigenvalue weighted by atomic mass is 10.2. The number of amides is 1. The van der Waals surface area contributed by atoms with Crippen molar-refractivity contribution in [1.29, 1.82) is 0 Å². The number of hydrogen-bond donors (Lipinski definition) is 2. The summed E-state index contributed by atoms with van der Waals surface area (Å²) in [6.07, 6.45) is 0.991. The second-order valence-corrected chi connectivity index (χ2v) is 5.30. The molecule has 0 aliphatic rings. The van der Waals surface area contributed by atoms with Gasteiger partial charge in [-0.3, -0.25) is 4.79 Å². The molecular weight excluding hydrogens is 298 g/mol. The van der Waals surface area contributed by atoms with Crippen molar-refractivity contribution in [3.05, 3.63) is 12.1 Å². The molecule has 7 nitrogen and oxygen atoms in total. The predicted molar refractivity (Wildman–Crippen MR) is 90.8 cm³/mol. The Balaban J connectivity index is 2.57. The molecule has 1 aromatic rings. The molecule has 0 fully saturated rings. The van der Waals surface area contributed by atoms with E-state index in [9.17, 15) is 4.79 Å². The summed E-state index contributed by atoms with van der Waals surface area (Å²) in [5, 5.41) is 5.93.